The maximum Gasteiger partial charge on any atom is 0.204 e. The van der Waals surface area contributed by atoms with Gasteiger partial charge in [-0.25, -0.2) is 10.0 Å². The van der Waals surface area contributed by atoms with Gasteiger partial charge in [0.25, 0.3) is 0 Å². The Bertz CT molecular complexity index is 630. The van der Waals surface area contributed by atoms with E-state index < -0.39 is 0 Å². The van der Waals surface area contributed by atoms with Gasteiger partial charge in [-0.15, -0.1) is 0 Å². The third-order valence-corrected chi connectivity index (χ3v) is 4.57. The van der Waals surface area contributed by atoms with Crippen LogP contribution in [0.3, 0.4) is 0 Å². The Balaban J connectivity index is 0.000000333. The van der Waals surface area contributed by atoms with Gasteiger partial charge >= 0.3 is 0 Å². The Morgan fingerprint density at radius 1 is 1.28 bits per heavy atom. The highest BCUT2D eigenvalue weighted by molar-refractivity contribution is 5.99. The van der Waals surface area contributed by atoms with Gasteiger partial charge in [-0.1, -0.05) is 12.1 Å². The Hall–Kier alpha value is -1.84. The number of pyridine rings is 1. The SMILES string of the molecule is C/C=C(/C=C/C)O[SiH3].Cc1cccc(N2O[C@@H](C)C=C(O[SiH3])[C@H]2C)n1. The minimum atomic E-state index is 0.0115. The van der Waals surface area contributed by atoms with Gasteiger partial charge in [0.05, 0.1) is 5.76 Å². The lowest BCUT2D eigenvalue weighted by Crippen LogP contribution is -2.42. The second-order valence-corrected chi connectivity index (χ2v) is 6.43. The van der Waals surface area contributed by atoms with E-state index in [1.165, 1.54) is 0 Å². The molecule has 2 atom stereocenters. The smallest absolute Gasteiger partial charge is 0.204 e. The molecule has 0 aromatic carbocycles. The molecule has 0 unspecified atom stereocenters. The van der Waals surface area contributed by atoms with Crippen molar-refractivity contribution in [3.05, 3.63) is 59.7 Å². The van der Waals surface area contributed by atoms with Crippen molar-refractivity contribution >= 4 is 26.8 Å². The second kappa shape index (κ2) is 10.9. The summed E-state index contributed by atoms with van der Waals surface area (Å²) in [7, 11) is 1.47. The van der Waals surface area contributed by atoms with Crippen LogP contribution < -0.4 is 5.06 Å². The first-order chi connectivity index (χ1) is 12.0. The molecule has 0 saturated heterocycles. The number of rotatable bonds is 4. The van der Waals surface area contributed by atoms with Crippen molar-refractivity contribution in [2.75, 3.05) is 5.06 Å². The number of aromatic nitrogens is 1. The van der Waals surface area contributed by atoms with E-state index in [1.807, 2.05) is 75.3 Å². The van der Waals surface area contributed by atoms with Crippen LogP contribution in [0, 0.1) is 6.92 Å². The van der Waals surface area contributed by atoms with Gasteiger partial charge < -0.3 is 8.85 Å². The van der Waals surface area contributed by atoms with E-state index in [0.717, 1.165) is 33.5 Å². The van der Waals surface area contributed by atoms with Gasteiger partial charge in [0.1, 0.15) is 17.9 Å². The number of hydroxylamine groups is 1. The average molecular weight is 379 g/mol. The predicted octanol–water partition coefficient (Wildman–Crippen LogP) is 1.86. The van der Waals surface area contributed by atoms with E-state index in [-0.39, 0.29) is 12.1 Å². The summed E-state index contributed by atoms with van der Waals surface area (Å²) in [4.78, 5) is 10.3. The Morgan fingerprint density at radius 3 is 2.48 bits per heavy atom. The minimum Gasteiger partial charge on any atom is -0.555 e. The molecule has 1 aromatic heterocycles. The lowest BCUT2D eigenvalue weighted by molar-refractivity contribution is 0.0389. The molecule has 0 amide bonds. The summed E-state index contributed by atoms with van der Waals surface area (Å²) in [5, 5.41) is 1.82. The highest BCUT2D eigenvalue weighted by atomic mass is 28.2. The molecule has 1 aliphatic heterocycles. The number of hydrogen-bond donors (Lipinski definition) is 0. The molecular formula is C18H30N2O3Si2. The molecule has 0 radical (unpaired) electrons. The summed E-state index contributed by atoms with van der Waals surface area (Å²) < 4.78 is 10.6. The van der Waals surface area contributed by atoms with Crippen molar-refractivity contribution in [1.82, 2.24) is 4.98 Å². The molecule has 25 heavy (non-hydrogen) atoms. The monoisotopic (exact) mass is 378 g/mol. The number of nitrogens with zero attached hydrogens (tertiary/aromatic N) is 2. The minimum absolute atomic E-state index is 0.0115. The first-order valence-corrected chi connectivity index (χ1v) is 10.1. The van der Waals surface area contributed by atoms with Crippen molar-refractivity contribution < 1.29 is 13.7 Å². The van der Waals surface area contributed by atoms with E-state index in [1.54, 1.807) is 0 Å². The van der Waals surface area contributed by atoms with Crippen molar-refractivity contribution in [2.24, 2.45) is 0 Å². The highest BCUT2D eigenvalue weighted by Gasteiger charge is 2.27. The first-order valence-electron chi connectivity index (χ1n) is 8.45. The molecule has 7 heteroatoms. The average Bonchev–Trinajstić information content (AvgIpc) is 2.61. The molecule has 0 spiro atoms. The van der Waals surface area contributed by atoms with Crippen LogP contribution >= 0.6 is 0 Å². The van der Waals surface area contributed by atoms with Gasteiger partial charge in [0.15, 0.2) is 5.82 Å². The fraction of sp³-hybridized carbons (Fsp3) is 0.389. The van der Waals surface area contributed by atoms with Crippen molar-refractivity contribution in [1.29, 1.82) is 0 Å². The zero-order chi connectivity index (χ0) is 18.8. The maximum atomic E-state index is 5.80. The molecule has 0 N–H and O–H groups in total. The Morgan fingerprint density at radius 2 is 2.00 bits per heavy atom. The maximum absolute atomic E-state index is 5.80. The molecule has 2 rings (SSSR count). The largest absolute Gasteiger partial charge is 0.555 e. The third-order valence-electron chi connectivity index (χ3n) is 3.63. The first kappa shape index (κ1) is 21.2. The molecule has 0 bridgehead atoms. The summed E-state index contributed by atoms with van der Waals surface area (Å²) in [5.41, 5.74) is 0.980. The Labute approximate surface area is 157 Å². The number of allylic oxidation sites excluding steroid dienone is 3. The zero-order valence-electron chi connectivity index (χ0n) is 16.3. The molecule has 2 heterocycles. The summed E-state index contributed by atoms with van der Waals surface area (Å²) in [5.74, 6) is 2.77. The molecular weight excluding hydrogens is 348 g/mol. The lowest BCUT2D eigenvalue weighted by atomic mass is 10.2. The summed E-state index contributed by atoms with van der Waals surface area (Å²) in [6.07, 6.45) is 7.90. The van der Waals surface area contributed by atoms with Crippen molar-refractivity contribution in [2.45, 2.75) is 46.8 Å². The van der Waals surface area contributed by atoms with Gasteiger partial charge in [-0.3, -0.25) is 4.84 Å². The molecule has 0 aliphatic carbocycles. The molecule has 0 saturated carbocycles. The second-order valence-electron chi connectivity index (χ2n) is 5.62. The fourth-order valence-electron chi connectivity index (χ4n) is 2.38. The quantitative estimate of drug-likeness (QED) is 0.455. The van der Waals surface area contributed by atoms with Crippen LogP contribution in [-0.4, -0.2) is 38.1 Å². The highest BCUT2D eigenvalue weighted by Crippen LogP contribution is 2.25. The van der Waals surface area contributed by atoms with Gasteiger partial charge in [-0.2, -0.15) is 0 Å². The van der Waals surface area contributed by atoms with E-state index >= 15 is 0 Å². The number of anilines is 1. The fourth-order valence-corrected chi connectivity index (χ4v) is 3.22. The van der Waals surface area contributed by atoms with Crippen molar-refractivity contribution in [3.8, 4) is 0 Å². The van der Waals surface area contributed by atoms with Gasteiger partial charge in [0.2, 0.25) is 21.0 Å². The molecule has 5 nitrogen and oxygen atoms in total. The van der Waals surface area contributed by atoms with Crippen molar-refractivity contribution in [3.63, 3.8) is 0 Å². The van der Waals surface area contributed by atoms with Crippen LogP contribution in [0.1, 0.15) is 33.4 Å². The summed E-state index contributed by atoms with van der Waals surface area (Å²) in [6.45, 7) is 9.97. The van der Waals surface area contributed by atoms with Crippen LogP contribution in [0.4, 0.5) is 5.82 Å². The van der Waals surface area contributed by atoms with E-state index in [4.69, 9.17) is 13.7 Å². The van der Waals surface area contributed by atoms with Crippen LogP contribution in [0.25, 0.3) is 0 Å². The lowest BCUT2D eigenvalue weighted by Gasteiger charge is -2.36. The van der Waals surface area contributed by atoms with Crippen LogP contribution in [0.5, 0.6) is 0 Å². The molecule has 1 aromatic rings. The molecule has 1 aliphatic rings. The summed E-state index contributed by atoms with van der Waals surface area (Å²) in [6, 6.07) is 5.98. The predicted molar refractivity (Wildman–Crippen MR) is 110 cm³/mol. The summed E-state index contributed by atoms with van der Waals surface area (Å²) >= 11 is 0. The zero-order valence-corrected chi connectivity index (χ0v) is 20.3. The van der Waals surface area contributed by atoms with E-state index in [0.29, 0.717) is 10.5 Å². The van der Waals surface area contributed by atoms with Gasteiger partial charge in [0, 0.05) is 5.69 Å². The standard InChI is InChI=1S/C12H18N2O2Si.C6H12OSi/c1-8-5-4-6-12(13-8)14-10(3)11(16-17)7-9(2)15-14;1-3-5-6(4-2)7-8/h4-7,9-10H,1-3,17H3;3-5H,1-2,8H3/b;5-3+,6-4-/t9-,10+;/m0./s1. The molecule has 138 valence electrons. The number of hydrogen-bond acceptors (Lipinski definition) is 5. The third kappa shape index (κ3) is 6.52. The normalized spacial score (nSPS) is 20.9. The topological polar surface area (TPSA) is 43.8 Å². The van der Waals surface area contributed by atoms with Crippen LogP contribution in [-0.2, 0) is 13.7 Å². The molecule has 0 fully saturated rings. The van der Waals surface area contributed by atoms with Gasteiger partial charge in [-0.05, 0) is 65.0 Å². The van der Waals surface area contributed by atoms with E-state index in [9.17, 15) is 0 Å². The van der Waals surface area contributed by atoms with Crippen LogP contribution in [0.2, 0.25) is 0 Å². The van der Waals surface area contributed by atoms with E-state index in [2.05, 4.69) is 11.9 Å². The van der Waals surface area contributed by atoms with Crippen LogP contribution in [0.15, 0.2) is 54.0 Å². The number of aryl methyl sites for hydroxylation is 1. The Kier molecular flexibility index (Phi) is 9.26.